The number of nitrogens with zero attached hydrogens (tertiary/aromatic N) is 5. The molecular formula is C19H28N6O2. The molecule has 8 heteroatoms. The molecule has 2 aliphatic heterocycles. The summed E-state index contributed by atoms with van der Waals surface area (Å²) in [5.74, 6) is 2.36. The number of rotatable bonds is 7. The first-order chi connectivity index (χ1) is 13.1. The number of hydrogen-bond acceptors (Lipinski definition) is 7. The van der Waals surface area contributed by atoms with Gasteiger partial charge in [0.15, 0.2) is 0 Å². The Kier molecular flexibility index (Phi) is 5.27. The van der Waals surface area contributed by atoms with E-state index in [9.17, 15) is 5.11 Å². The zero-order valence-corrected chi connectivity index (χ0v) is 16.0. The molecule has 4 rings (SSSR count). The molecule has 1 atom stereocenters. The third-order valence-corrected chi connectivity index (χ3v) is 5.04. The number of β-amino-alcohol motifs (C(OH)–C–C–N with tert-alkyl or cyclic N) is 1. The van der Waals surface area contributed by atoms with Crippen molar-refractivity contribution in [3.05, 3.63) is 30.0 Å². The van der Waals surface area contributed by atoms with Crippen LogP contribution < -0.4 is 10.2 Å². The highest BCUT2D eigenvalue weighted by Gasteiger charge is 2.28. The molecule has 0 aliphatic carbocycles. The zero-order chi connectivity index (χ0) is 18.8. The standard InChI is InChI=1S/C19H28N6O2/c1-13(2)8-25-12-20-6-15(25)7-21-18-5-17(14-3-4-27-11-14)22-19(23-18)24-9-16(26)10-24/h5-6,12-14,16,26H,3-4,7-11H2,1-2H3,(H,21,22,23)/t14-/m0/s1. The van der Waals surface area contributed by atoms with Crippen LogP contribution in [0.15, 0.2) is 18.6 Å². The van der Waals surface area contributed by atoms with Gasteiger partial charge in [0.25, 0.3) is 0 Å². The van der Waals surface area contributed by atoms with Crippen molar-refractivity contribution in [2.75, 3.05) is 36.5 Å². The van der Waals surface area contributed by atoms with Crippen molar-refractivity contribution in [2.24, 2.45) is 5.92 Å². The molecule has 4 heterocycles. The molecule has 0 saturated carbocycles. The summed E-state index contributed by atoms with van der Waals surface area (Å²) in [7, 11) is 0. The number of aliphatic hydroxyl groups excluding tert-OH is 1. The maximum atomic E-state index is 9.62. The SMILES string of the molecule is CC(C)Cn1cncc1CNc1cc([C@H]2CCOC2)nc(N2CC(O)C2)n1. The summed E-state index contributed by atoms with van der Waals surface area (Å²) in [6, 6.07) is 2.03. The summed E-state index contributed by atoms with van der Waals surface area (Å²) in [5, 5.41) is 13.1. The molecular weight excluding hydrogens is 344 g/mol. The molecule has 0 aromatic carbocycles. The first-order valence-electron chi connectivity index (χ1n) is 9.71. The van der Waals surface area contributed by atoms with Gasteiger partial charge >= 0.3 is 0 Å². The summed E-state index contributed by atoms with van der Waals surface area (Å²) < 4.78 is 7.71. The monoisotopic (exact) mass is 372 g/mol. The van der Waals surface area contributed by atoms with Crippen LogP contribution in [0.3, 0.4) is 0 Å². The van der Waals surface area contributed by atoms with E-state index >= 15 is 0 Å². The number of nitrogens with one attached hydrogen (secondary N) is 1. The molecule has 2 fully saturated rings. The molecule has 0 unspecified atom stereocenters. The highest BCUT2D eigenvalue weighted by molar-refractivity contribution is 5.46. The summed E-state index contributed by atoms with van der Waals surface area (Å²) in [4.78, 5) is 15.7. The summed E-state index contributed by atoms with van der Waals surface area (Å²) in [6.07, 6.45) is 4.48. The average molecular weight is 372 g/mol. The topological polar surface area (TPSA) is 88.3 Å². The van der Waals surface area contributed by atoms with Crippen LogP contribution in [-0.4, -0.2) is 57.0 Å². The zero-order valence-electron chi connectivity index (χ0n) is 16.0. The lowest BCUT2D eigenvalue weighted by atomic mass is 10.0. The van der Waals surface area contributed by atoms with E-state index in [2.05, 4.69) is 33.7 Å². The average Bonchev–Trinajstić information content (AvgIpc) is 3.28. The minimum atomic E-state index is -0.283. The van der Waals surface area contributed by atoms with Crippen molar-refractivity contribution in [1.29, 1.82) is 0 Å². The minimum Gasteiger partial charge on any atom is -0.389 e. The summed E-state index contributed by atoms with van der Waals surface area (Å²) >= 11 is 0. The van der Waals surface area contributed by atoms with E-state index in [0.717, 1.165) is 36.8 Å². The number of imidazole rings is 1. The molecule has 8 nitrogen and oxygen atoms in total. The molecule has 0 amide bonds. The largest absolute Gasteiger partial charge is 0.389 e. The maximum absolute atomic E-state index is 9.62. The predicted molar refractivity (Wildman–Crippen MR) is 103 cm³/mol. The van der Waals surface area contributed by atoms with Gasteiger partial charge in [0.05, 0.1) is 37.0 Å². The van der Waals surface area contributed by atoms with Crippen LogP contribution in [0.4, 0.5) is 11.8 Å². The number of aliphatic hydroxyl groups is 1. The van der Waals surface area contributed by atoms with Crippen molar-refractivity contribution in [1.82, 2.24) is 19.5 Å². The molecule has 2 aromatic rings. The fraction of sp³-hybridized carbons (Fsp3) is 0.632. The molecule has 0 radical (unpaired) electrons. The Morgan fingerprint density at radius 1 is 1.33 bits per heavy atom. The molecule has 27 heavy (non-hydrogen) atoms. The molecule has 0 spiro atoms. The van der Waals surface area contributed by atoms with Gasteiger partial charge in [0, 0.05) is 44.4 Å². The predicted octanol–water partition coefficient (Wildman–Crippen LogP) is 1.63. The molecule has 146 valence electrons. The first-order valence-corrected chi connectivity index (χ1v) is 9.71. The number of ether oxygens (including phenoxy) is 1. The van der Waals surface area contributed by atoms with Gasteiger partial charge in [-0.25, -0.2) is 9.97 Å². The lowest BCUT2D eigenvalue weighted by Gasteiger charge is -2.36. The fourth-order valence-electron chi connectivity index (χ4n) is 3.51. The molecule has 2 aliphatic rings. The van der Waals surface area contributed by atoms with Crippen molar-refractivity contribution < 1.29 is 9.84 Å². The lowest BCUT2D eigenvalue weighted by Crippen LogP contribution is -2.51. The highest BCUT2D eigenvalue weighted by atomic mass is 16.5. The van der Waals surface area contributed by atoms with Gasteiger partial charge in [0.1, 0.15) is 5.82 Å². The maximum Gasteiger partial charge on any atom is 0.227 e. The van der Waals surface area contributed by atoms with Crippen molar-refractivity contribution in [3.8, 4) is 0 Å². The Morgan fingerprint density at radius 2 is 2.19 bits per heavy atom. The van der Waals surface area contributed by atoms with Crippen LogP contribution in [0.1, 0.15) is 37.6 Å². The number of anilines is 2. The van der Waals surface area contributed by atoms with Gasteiger partial charge in [-0.05, 0) is 12.3 Å². The summed E-state index contributed by atoms with van der Waals surface area (Å²) in [5.41, 5.74) is 2.14. The Balaban J connectivity index is 1.51. The van der Waals surface area contributed by atoms with Crippen LogP contribution in [0.5, 0.6) is 0 Å². The lowest BCUT2D eigenvalue weighted by molar-refractivity contribution is 0.140. The first kappa shape index (κ1) is 18.2. The quantitative estimate of drug-likeness (QED) is 0.763. The Labute approximate surface area is 159 Å². The van der Waals surface area contributed by atoms with Crippen molar-refractivity contribution in [3.63, 3.8) is 0 Å². The Hall–Kier alpha value is -2.19. The van der Waals surface area contributed by atoms with E-state index in [4.69, 9.17) is 9.72 Å². The van der Waals surface area contributed by atoms with Gasteiger partial charge in [-0.3, -0.25) is 0 Å². The second kappa shape index (κ2) is 7.82. The van der Waals surface area contributed by atoms with Crippen molar-refractivity contribution >= 4 is 11.8 Å². The van der Waals surface area contributed by atoms with E-state index in [1.165, 1.54) is 0 Å². The highest BCUT2D eigenvalue weighted by Crippen LogP contribution is 2.28. The van der Waals surface area contributed by atoms with E-state index < -0.39 is 0 Å². The van der Waals surface area contributed by atoms with Crippen LogP contribution >= 0.6 is 0 Å². The minimum absolute atomic E-state index is 0.283. The summed E-state index contributed by atoms with van der Waals surface area (Å²) in [6.45, 7) is 8.67. The third-order valence-electron chi connectivity index (χ3n) is 5.04. The van der Waals surface area contributed by atoms with E-state index in [1.807, 2.05) is 23.5 Å². The van der Waals surface area contributed by atoms with E-state index in [1.54, 1.807) is 0 Å². The smallest absolute Gasteiger partial charge is 0.227 e. The normalized spacial score (nSPS) is 20.3. The number of hydrogen-bond donors (Lipinski definition) is 2. The van der Waals surface area contributed by atoms with Gasteiger partial charge < -0.3 is 24.6 Å². The second-order valence-corrected chi connectivity index (χ2v) is 7.88. The van der Waals surface area contributed by atoms with E-state index in [-0.39, 0.29) is 6.10 Å². The van der Waals surface area contributed by atoms with Crippen LogP contribution in [-0.2, 0) is 17.8 Å². The number of aromatic nitrogens is 4. The van der Waals surface area contributed by atoms with E-state index in [0.29, 0.717) is 44.0 Å². The van der Waals surface area contributed by atoms with Gasteiger partial charge in [-0.15, -0.1) is 0 Å². The van der Waals surface area contributed by atoms with Crippen molar-refractivity contribution in [2.45, 2.75) is 45.4 Å². The van der Waals surface area contributed by atoms with Gasteiger partial charge in [0.2, 0.25) is 5.95 Å². The molecule has 2 aromatic heterocycles. The van der Waals surface area contributed by atoms with Gasteiger partial charge in [-0.2, -0.15) is 4.98 Å². The van der Waals surface area contributed by atoms with Crippen LogP contribution in [0.2, 0.25) is 0 Å². The van der Waals surface area contributed by atoms with Crippen LogP contribution in [0.25, 0.3) is 0 Å². The van der Waals surface area contributed by atoms with Crippen LogP contribution in [0, 0.1) is 5.92 Å². The molecule has 2 N–H and O–H groups in total. The fourth-order valence-corrected chi connectivity index (χ4v) is 3.51. The molecule has 0 bridgehead atoms. The third kappa shape index (κ3) is 4.22. The molecule has 2 saturated heterocycles. The Bertz CT molecular complexity index is 765. The second-order valence-electron chi connectivity index (χ2n) is 7.88. The van der Waals surface area contributed by atoms with Gasteiger partial charge in [-0.1, -0.05) is 13.8 Å². The Morgan fingerprint density at radius 3 is 2.89 bits per heavy atom.